The molecular formula is C8H11Cl2Zr. The van der Waals surface area contributed by atoms with E-state index in [2.05, 4.69) is 31.2 Å². The van der Waals surface area contributed by atoms with E-state index in [0.29, 0.717) is 0 Å². The predicted molar refractivity (Wildman–Crippen MR) is 48.1 cm³/mol. The van der Waals surface area contributed by atoms with Crippen molar-refractivity contribution in [2.24, 2.45) is 0 Å². The summed E-state index contributed by atoms with van der Waals surface area (Å²) < 4.78 is 0. The van der Waals surface area contributed by atoms with Crippen molar-refractivity contribution in [1.29, 1.82) is 0 Å². The molecule has 0 atom stereocenters. The summed E-state index contributed by atoms with van der Waals surface area (Å²) in [7, 11) is 9.87. The van der Waals surface area contributed by atoms with Crippen LogP contribution in [0.2, 0.25) is 0 Å². The summed E-state index contributed by atoms with van der Waals surface area (Å²) in [4.78, 5) is 0. The van der Waals surface area contributed by atoms with E-state index in [0.717, 1.165) is 0 Å². The molecule has 0 aliphatic heterocycles. The predicted octanol–water partition coefficient (Wildman–Crippen LogP) is 3.86. The number of allylic oxidation sites excluding steroid dienone is 4. The van der Waals surface area contributed by atoms with Crippen LogP contribution < -0.4 is 0 Å². The average Bonchev–Trinajstić information content (AvgIpc) is 2.42. The second-order valence-electron chi connectivity index (χ2n) is 2.11. The molecule has 0 bridgehead atoms. The van der Waals surface area contributed by atoms with Gasteiger partial charge in [-0.15, -0.1) is 0 Å². The van der Waals surface area contributed by atoms with Gasteiger partial charge in [-0.1, -0.05) is 37.6 Å². The third-order valence-corrected chi connectivity index (χ3v) is 1.27. The van der Waals surface area contributed by atoms with E-state index in [1.807, 2.05) is 0 Å². The number of hydrogen-bond acceptors (Lipinski definition) is 0. The minimum atomic E-state index is -0.826. The normalized spacial score (nSPS) is 14.5. The molecule has 11 heavy (non-hydrogen) atoms. The molecule has 61 valence electrons. The first-order chi connectivity index (χ1) is 5.35. The molecule has 1 rings (SSSR count). The van der Waals surface area contributed by atoms with Crippen LogP contribution in [0.15, 0.2) is 24.3 Å². The number of hydrogen-bond donors (Lipinski definition) is 0. The van der Waals surface area contributed by atoms with E-state index < -0.39 is 20.8 Å². The molecule has 0 N–H and O–H groups in total. The van der Waals surface area contributed by atoms with E-state index in [-0.39, 0.29) is 0 Å². The molecule has 1 aliphatic carbocycles. The van der Waals surface area contributed by atoms with Crippen LogP contribution in [0, 0.1) is 5.92 Å². The van der Waals surface area contributed by atoms with Gasteiger partial charge in [-0.2, -0.15) is 0 Å². The molecule has 0 saturated carbocycles. The standard InChI is InChI=1S/C8H11.2ClH.Zr/c1-2-5-8-6-3-4-7-8;;;/h3-4,6-7H,2,5H2,1H3;2*1H;/q;;;+2/p-2. The van der Waals surface area contributed by atoms with Gasteiger partial charge in [0.05, 0.1) is 0 Å². The Morgan fingerprint density at radius 2 is 1.73 bits per heavy atom. The topological polar surface area (TPSA) is 0 Å². The van der Waals surface area contributed by atoms with Crippen LogP contribution >= 0.6 is 17.0 Å². The first kappa shape index (κ1) is 11.9. The van der Waals surface area contributed by atoms with Crippen LogP contribution in [0.1, 0.15) is 19.8 Å². The van der Waals surface area contributed by atoms with Gasteiger partial charge in [-0.3, -0.25) is 0 Å². The molecule has 0 amide bonds. The summed E-state index contributed by atoms with van der Waals surface area (Å²) >= 11 is -0.826. The van der Waals surface area contributed by atoms with Crippen molar-refractivity contribution >= 4 is 17.0 Å². The summed E-state index contributed by atoms with van der Waals surface area (Å²) in [6.07, 6.45) is 11.0. The average molecular weight is 269 g/mol. The Morgan fingerprint density at radius 1 is 1.27 bits per heavy atom. The zero-order chi connectivity index (χ0) is 8.53. The first-order valence-corrected chi connectivity index (χ1v) is 9.85. The van der Waals surface area contributed by atoms with Crippen molar-refractivity contribution in [3.05, 3.63) is 30.2 Å². The SMILES string of the molecule is CCC[C]1C=CC=C1.[Cl][Zr][Cl]. The second-order valence-corrected chi connectivity index (χ2v) is 5.85. The summed E-state index contributed by atoms with van der Waals surface area (Å²) in [6.45, 7) is 2.20. The van der Waals surface area contributed by atoms with Gasteiger partial charge in [-0.25, -0.2) is 0 Å². The minimum absolute atomic E-state index is 0.826. The Labute approximate surface area is 87.3 Å². The molecule has 0 nitrogen and oxygen atoms in total. The molecule has 0 aromatic rings. The van der Waals surface area contributed by atoms with Gasteiger partial charge in [0.2, 0.25) is 0 Å². The maximum atomic E-state index is 4.93. The van der Waals surface area contributed by atoms with Gasteiger partial charge in [0.15, 0.2) is 0 Å². The van der Waals surface area contributed by atoms with Crippen molar-refractivity contribution < 1.29 is 20.8 Å². The fourth-order valence-electron chi connectivity index (χ4n) is 0.869. The quantitative estimate of drug-likeness (QED) is 0.714. The van der Waals surface area contributed by atoms with Crippen LogP contribution in [-0.4, -0.2) is 0 Å². The van der Waals surface area contributed by atoms with Gasteiger partial charge >= 0.3 is 37.9 Å². The molecule has 0 fully saturated rings. The van der Waals surface area contributed by atoms with Crippen molar-refractivity contribution in [3.8, 4) is 0 Å². The summed E-state index contributed by atoms with van der Waals surface area (Å²) in [5.74, 6) is 1.47. The van der Waals surface area contributed by atoms with Gasteiger partial charge < -0.3 is 0 Å². The maximum absolute atomic E-state index is 4.93. The van der Waals surface area contributed by atoms with Gasteiger partial charge in [-0.05, 0) is 6.42 Å². The number of halogens is 2. The molecule has 0 saturated heterocycles. The summed E-state index contributed by atoms with van der Waals surface area (Å²) in [5, 5.41) is 0. The van der Waals surface area contributed by atoms with Crippen molar-refractivity contribution in [2.45, 2.75) is 19.8 Å². The molecule has 0 unspecified atom stereocenters. The van der Waals surface area contributed by atoms with E-state index in [1.165, 1.54) is 18.8 Å². The monoisotopic (exact) mass is 267 g/mol. The molecule has 0 aromatic carbocycles. The molecular weight excluding hydrogens is 258 g/mol. The van der Waals surface area contributed by atoms with Crippen LogP contribution in [0.3, 0.4) is 0 Å². The van der Waals surface area contributed by atoms with Crippen molar-refractivity contribution in [1.82, 2.24) is 0 Å². The Hall–Kier alpha value is 0.943. The molecule has 1 radical (unpaired) electrons. The van der Waals surface area contributed by atoms with Gasteiger partial charge in [0.25, 0.3) is 0 Å². The van der Waals surface area contributed by atoms with Crippen molar-refractivity contribution in [2.75, 3.05) is 0 Å². The Morgan fingerprint density at radius 3 is 2.09 bits per heavy atom. The van der Waals surface area contributed by atoms with Crippen LogP contribution in [0.4, 0.5) is 0 Å². The van der Waals surface area contributed by atoms with Gasteiger partial charge in [0.1, 0.15) is 0 Å². The van der Waals surface area contributed by atoms with Gasteiger partial charge in [0, 0.05) is 5.92 Å². The van der Waals surface area contributed by atoms with E-state index in [1.54, 1.807) is 0 Å². The molecule has 0 aromatic heterocycles. The van der Waals surface area contributed by atoms with Crippen LogP contribution in [-0.2, 0) is 20.8 Å². The van der Waals surface area contributed by atoms with E-state index in [4.69, 9.17) is 17.0 Å². The molecule has 3 heteroatoms. The van der Waals surface area contributed by atoms with E-state index in [9.17, 15) is 0 Å². The fraction of sp³-hybridized carbons (Fsp3) is 0.375. The second kappa shape index (κ2) is 9.03. The summed E-state index contributed by atoms with van der Waals surface area (Å²) in [5.41, 5.74) is 0. The Kier molecular flexibility index (Phi) is 9.81. The Bertz CT molecular complexity index is 120. The summed E-state index contributed by atoms with van der Waals surface area (Å²) in [6, 6.07) is 0. The zero-order valence-corrected chi connectivity index (χ0v) is 10.4. The third kappa shape index (κ3) is 7.31. The van der Waals surface area contributed by atoms with E-state index >= 15 is 0 Å². The fourth-order valence-corrected chi connectivity index (χ4v) is 0.869. The zero-order valence-electron chi connectivity index (χ0n) is 6.48. The molecule has 0 spiro atoms. The molecule has 0 heterocycles. The Balaban J connectivity index is 0.000000292. The van der Waals surface area contributed by atoms with Crippen LogP contribution in [0.5, 0.6) is 0 Å². The molecule has 1 aliphatic rings. The third-order valence-electron chi connectivity index (χ3n) is 1.27. The van der Waals surface area contributed by atoms with Crippen molar-refractivity contribution in [3.63, 3.8) is 0 Å². The number of rotatable bonds is 2. The first-order valence-electron chi connectivity index (χ1n) is 3.52. The van der Waals surface area contributed by atoms with Crippen LogP contribution in [0.25, 0.3) is 0 Å².